The summed E-state index contributed by atoms with van der Waals surface area (Å²) in [6.07, 6.45) is 0. The summed E-state index contributed by atoms with van der Waals surface area (Å²) >= 11 is 10.9. The van der Waals surface area contributed by atoms with E-state index in [4.69, 9.17) is 28.3 Å². The molecule has 0 radical (unpaired) electrons. The third-order valence-electron chi connectivity index (χ3n) is 2.08. The Morgan fingerprint density at radius 1 is 1.57 bits per heavy atom. The Bertz CT molecular complexity index is 252. The van der Waals surface area contributed by atoms with Crippen LogP contribution in [0.3, 0.4) is 0 Å². The Labute approximate surface area is 91.8 Å². The zero-order valence-electron chi connectivity index (χ0n) is 7.87. The summed E-state index contributed by atoms with van der Waals surface area (Å²) in [6, 6.07) is -0.593. The number of urea groups is 1. The highest BCUT2D eigenvalue weighted by Crippen LogP contribution is 2.36. The van der Waals surface area contributed by atoms with Gasteiger partial charge in [-0.05, 0) is 37.0 Å². The van der Waals surface area contributed by atoms with Crippen molar-refractivity contribution in [2.75, 3.05) is 13.3 Å². The van der Waals surface area contributed by atoms with Crippen LogP contribution >= 0.6 is 23.2 Å². The summed E-state index contributed by atoms with van der Waals surface area (Å²) < 4.78 is -2.26. The lowest BCUT2D eigenvalue weighted by molar-refractivity contribution is 0.0221. The van der Waals surface area contributed by atoms with Gasteiger partial charge in [-0.2, -0.15) is 0 Å². The van der Waals surface area contributed by atoms with E-state index in [0.29, 0.717) is 0 Å². The number of carbonyl (C=O) groups is 1. The minimum absolute atomic E-state index is 0.254. The molecule has 1 aliphatic heterocycles. The standard InChI is InChI=1S/C7H12Cl2N2O3/c1-6(2)3-10(4-12)5(13)11(6)7(8,9)14/h12,14H,3-4H2,1-2H3. The van der Waals surface area contributed by atoms with Gasteiger partial charge in [0.1, 0.15) is 6.73 Å². The summed E-state index contributed by atoms with van der Waals surface area (Å²) in [7, 11) is 0. The fraction of sp³-hybridized carbons (Fsp3) is 0.857. The molecular formula is C7H12Cl2N2O3. The summed E-state index contributed by atoms with van der Waals surface area (Å²) in [6.45, 7) is 3.21. The molecule has 1 heterocycles. The molecule has 1 aliphatic rings. The largest absolute Gasteiger partial charge is 0.376 e. The number of amides is 2. The van der Waals surface area contributed by atoms with Gasteiger partial charge in [0, 0.05) is 6.54 Å². The van der Waals surface area contributed by atoms with Gasteiger partial charge in [-0.15, -0.1) is 0 Å². The third kappa shape index (κ3) is 1.91. The molecule has 0 bridgehead atoms. The van der Waals surface area contributed by atoms with E-state index in [0.717, 1.165) is 9.80 Å². The van der Waals surface area contributed by atoms with E-state index < -0.39 is 22.9 Å². The average molecular weight is 243 g/mol. The van der Waals surface area contributed by atoms with E-state index in [1.807, 2.05) is 0 Å². The maximum absolute atomic E-state index is 11.6. The highest BCUT2D eigenvalue weighted by atomic mass is 35.5. The van der Waals surface area contributed by atoms with Crippen molar-refractivity contribution in [3.8, 4) is 0 Å². The fourth-order valence-corrected chi connectivity index (χ4v) is 2.20. The Morgan fingerprint density at radius 2 is 2.07 bits per heavy atom. The van der Waals surface area contributed by atoms with Gasteiger partial charge in [-0.25, -0.2) is 4.79 Å². The molecule has 1 fully saturated rings. The molecule has 0 saturated carbocycles. The van der Waals surface area contributed by atoms with Crippen molar-refractivity contribution in [1.29, 1.82) is 0 Å². The number of hydrogen-bond donors (Lipinski definition) is 2. The van der Waals surface area contributed by atoms with Gasteiger partial charge in [0.2, 0.25) is 0 Å². The summed E-state index contributed by atoms with van der Waals surface area (Å²) in [5, 5.41) is 18.2. The number of alkyl halides is 2. The minimum atomic E-state index is -2.26. The van der Waals surface area contributed by atoms with Gasteiger partial charge in [-0.3, -0.25) is 9.80 Å². The monoisotopic (exact) mass is 242 g/mol. The van der Waals surface area contributed by atoms with Crippen molar-refractivity contribution in [2.45, 2.75) is 24.0 Å². The number of rotatable bonds is 2. The Balaban J connectivity index is 2.99. The first-order valence-corrected chi connectivity index (χ1v) is 4.76. The van der Waals surface area contributed by atoms with E-state index in [2.05, 4.69) is 0 Å². The number of aliphatic hydroxyl groups is 2. The molecule has 0 spiro atoms. The zero-order chi connectivity index (χ0) is 11.1. The molecule has 0 unspecified atom stereocenters. The Hall–Kier alpha value is -0.230. The Morgan fingerprint density at radius 3 is 2.29 bits per heavy atom. The van der Waals surface area contributed by atoms with Crippen LogP contribution in [0, 0.1) is 0 Å². The van der Waals surface area contributed by atoms with Gasteiger partial charge >= 0.3 is 10.7 Å². The molecule has 7 heteroatoms. The summed E-state index contributed by atoms with van der Waals surface area (Å²) in [5.41, 5.74) is -0.724. The second-order valence-electron chi connectivity index (χ2n) is 3.78. The number of aliphatic hydroxyl groups excluding tert-OH is 1. The predicted molar refractivity (Wildman–Crippen MR) is 51.8 cm³/mol. The molecular weight excluding hydrogens is 231 g/mol. The molecule has 0 aromatic heterocycles. The van der Waals surface area contributed by atoms with Crippen LogP contribution in [0.25, 0.3) is 0 Å². The van der Waals surface area contributed by atoms with Gasteiger partial charge in [0.25, 0.3) is 0 Å². The third-order valence-corrected chi connectivity index (χ3v) is 2.42. The predicted octanol–water partition coefficient (Wildman–Crippen LogP) is 0.534. The van der Waals surface area contributed by atoms with Crippen molar-refractivity contribution in [1.82, 2.24) is 9.80 Å². The Kier molecular flexibility index (Phi) is 2.89. The molecule has 0 aromatic carbocycles. The van der Waals surface area contributed by atoms with Gasteiger partial charge in [-0.1, -0.05) is 0 Å². The number of nitrogens with zero attached hydrogens (tertiary/aromatic N) is 2. The van der Waals surface area contributed by atoms with Crippen LogP contribution in [-0.2, 0) is 0 Å². The van der Waals surface area contributed by atoms with Gasteiger partial charge in [0.05, 0.1) is 5.54 Å². The maximum Gasteiger partial charge on any atom is 0.326 e. The van der Waals surface area contributed by atoms with Crippen molar-refractivity contribution in [3.05, 3.63) is 0 Å². The second-order valence-corrected chi connectivity index (χ2v) is 5.03. The van der Waals surface area contributed by atoms with E-state index in [9.17, 15) is 9.90 Å². The van der Waals surface area contributed by atoms with Crippen molar-refractivity contribution < 1.29 is 15.0 Å². The quantitative estimate of drug-likeness (QED) is 0.549. The molecule has 5 nitrogen and oxygen atoms in total. The SMILES string of the molecule is CC1(C)CN(CO)C(=O)N1C(O)(Cl)Cl. The van der Waals surface area contributed by atoms with E-state index in [1.54, 1.807) is 13.8 Å². The first-order valence-electron chi connectivity index (χ1n) is 4.00. The van der Waals surface area contributed by atoms with Crippen molar-refractivity contribution >= 4 is 29.2 Å². The summed E-state index contributed by atoms with van der Waals surface area (Å²) in [5.74, 6) is 0. The first kappa shape index (κ1) is 11.8. The smallest absolute Gasteiger partial charge is 0.326 e. The molecule has 0 aromatic rings. The van der Waals surface area contributed by atoms with E-state index >= 15 is 0 Å². The highest BCUT2D eigenvalue weighted by molar-refractivity contribution is 6.47. The molecule has 1 rings (SSSR count). The fourth-order valence-electron chi connectivity index (χ4n) is 1.60. The number of hydrogen-bond acceptors (Lipinski definition) is 3. The first-order chi connectivity index (χ1) is 6.20. The van der Waals surface area contributed by atoms with E-state index in [-0.39, 0.29) is 6.54 Å². The maximum atomic E-state index is 11.6. The molecule has 2 amide bonds. The van der Waals surface area contributed by atoms with Crippen molar-refractivity contribution in [2.24, 2.45) is 0 Å². The molecule has 14 heavy (non-hydrogen) atoms. The van der Waals surface area contributed by atoms with Crippen LogP contribution in [-0.4, -0.2) is 49.5 Å². The van der Waals surface area contributed by atoms with Gasteiger partial charge < -0.3 is 10.2 Å². The molecule has 0 aliphatic carbocycles. The molecule has 82 valence electrons. The molecule has 1 saturated heterocycles. The average Bonchev–Trinajstić information content (AvgIpc) is 2.19. The van der Waals surface area contributed by atoms with Gasteiger partial charge in [0.15, 0.2) is 0 Å². The normalized spacial score (nSPS) is 22.0. The lowest BCUT2D eigenvalue weighted by Gasteiger charge is -2.35. The number of carbonyl (C=O) groups excluding carboxylic acids is 1. The summed E-state index contributed by atoms with van der Waals surface area (Å²) in [4.78, 5) is 13.6. The highest BCUT2D eigenvalue weighted by Gasteiger charge is 2.51. The minimum Gasteiger partial charge on any atom is -0.376 e. The lowest BCUT2D eigenvalue weighted by Crippen LogP contribution is -2.51. The van der Waals surface area contributed by atoms with Crippen LogP contribution in [0.2, 0.25) is 0 Å². The zero-order valence-corrected chi connectivity index (χ0v) is 9.38. The van der Waals surface area contributed by atoms with Crippen LogP contribution in [0.1, 0.15) is 13.8 Å². The lowest BCUT2D eigenvalue weighted by atomic mass is 10.1. The topological polar surface area (TPSA) is 64.0 Å². The second kappa shape index (κ2) is 3.41. The van der Waals surface area contributed by atoms with E-state index in [1.165, 1.54) is 0 Å². The van der Waals surface area contributed by atoms with Crippen LogP contribution < -0.4 is 0 Å². The van der Waals surface area contributed by atoms with Crippen LogP contribution in [0.5, 0.6) is 0 Å². The molecule has 2 N–H and O–H groups in total. The number of halogens is 2. The van der Waals surface area contributed by atoms with Crippen molar-refractivity contribution in [3.63, 3.8) is 0 Å². The van der Waals surface area contributed by atoms with Crippen LogP contribution in [0.4, 0.5) is 4.79 Å². The molecule has 0 atom stereocenters. The van der Waals surface area contributed by atoms with Crippen LogP contribution in [0.15, 0.2) is 0 Å².